The van der Waals surface area contributed by atoms with Gasteiger partial charge in [-0.15, -0.1) is 0 Å². The SMILES string of the molecule is CCN(Cc1cccc2c1OCCO2)C(=O)CCN1C(=O)c2ccccc2N2C(=O)CCC12C. The monoisotopic (exact) mass is 463 g/mol. The van der Waals surface area contributed by atoms with Crippen molar-refractivity contribution in [2.24, 2.45) is 0 Å². The Morgan fingerprint density at radius 2 is 1.88 bits per heavy atom. The van der Waals surface area contributed by atoms with Crippen molar-refractivity contribution in [1.29, 1.82) is 0 Å². The highest BCUT2D eigenvalue weighted by atomic mass is 16.6. The first-order valence-electron chi connectivity index (χ1n) is 11.8. The number of nitrogens with zero attached hydrogens (tertiary/aromatic N) is 3. The highest BCUT2D eigenvalue weighted by Crippen LogP contribution is 2.44. The predicted octanol–water partition coefficient (Wildman–Crippen LogP) is 3.20. The summed E-state index contributed by atoms with van der Waals surface area (Å²) in [7, 11) is 0. The van der Waals surface area contributed by atoms with E-state index in [4.69, 9.17) is 9.47 Å². The first kappa shape index (κ1) is 22.3. The van der Waals surface area contributed by atoms with Crippen LogP contribution in [0, 0.1) is 0 Å². The number of hydrogen-bond donors (Lipinski definition) is 0. The Morgan fingerprint density at radius 1 is 1.09 bits per heavy atom. The molecule has 5 rings (SSSR count). The summed E-state index contributed by atoms with van der Waals surface area (Å²) in [5.41, 5.74) is 1.30. The molecule has 3 aliphatic rings. The number of benzene rings is 2. The van der Waals surface area contributed by atoms with Gasteiger partial charge in [-0.3, -0.25) is 19.3 Å². The fraction of sp³-hybridized carbons (Fsp3) is 0.423. The Hall–Kier alpha value is -3.55. The largest absolute Gasteiger partial charge is 0.486 e. The molecular formula is C26H29N3O5. The molecule has 1 saturated heterocycles. The lowest BCUT2D eigenvalue weighted by atomic mass is 9.98. The molecule has 1 unspecified atom stereocenters. The fourth-order valence-corrected chi connectivity index (χ4v) is 5.25. The highest BCUT2D eigenvalue weighted by Gasteiger charge is 2.52. The molecule has 0 spiro atoms. The van der Waals surface area contributed by atoms with Gasteiger partial charge < -0.3 is 19.3 Å². The van der Waals surface area contributed by atoms with E-state index in [1.807, 2.05) is 44.2 Å². The van der Waals surface area contributed by atoms with Crippen LogP contribution in [-0.4, -0.2) is 59.5 Å². The van der Waals surface area contributed by atoms with E-state index in [-0.39, 0.29) is 30.7 Å². The molecule has 0 N–H and O–H groups in total. The molecule has 1 fully saturated rings. The third-order valence-corrected chi connectivity index (χ3v) is 7.04. The van der Waals surface area contributed by atoms with Crippen molar-refractivity contribution >= 4 is 23.4 Å². The van der Waals surface area contributed by atoms with Crippen molar-refractivity contribution in [1.82, 2.24) is 9.80 Å². The van der Waals surface area contributed by atoms with Gasteiger partial charge in [-0.1, -0.05) is 24.3 Å². The second-order valence-electron chi connectivity index (χ2n) is 9.02. The van der Waals surface area contributed by atoms with Gasteiger partial charge in [-0.2, -0.15) is 0 Å². The summed E-state index contributed by atoms with van der Waals surface area (Å²) in [6, 6.07) is 12.9. The average Bonchev–Trinajstić information content (AvgIpc) is 3.17. The second-order valence-corrected chi connectivity index (χ2v) is 9.02. The Balaban J connectivity index is 1.33. The third kappa shape index (κ3) is 3.57. The van der Waals surface area contributed by atoms with Gasteiger partial charge >= 0.3 is 0 Å². The van der Waals surface area contributed by atoms with Gasteiger partial charge in [-0.05, 0) is 38.5 Å². The van der Waals surface area contributed by atoms with Gasteiger partial charge in [0.1, 0.15) is 18.9 Å². The topological polar surface area (TPSA) is 79.4 Å². The number of para-hydroxylation sites is 2. The van der Waals surface area contributed by atoms with E-state index in [0.29, 0.717) is 61.9 Å². The molecule has 178 valence electrons. The Bertz CT molecular complexity index is 1150. The lowest BCUT2D eigenvalue weighted by Gasteiger charge is -2.48. The summed E-state index contributed by atoms with van der Waals surface area (Å²) in [6.07, 6.45) is 1.10. The van der Waals surface area contributed by atoms with Gasteiger partial charge in [-0.25, -0.2) is 0 Å². The van der Waals surface area contributed by atoms with Crippen molar-refractivity contribution in [2.45, 2.75) is 45.3 Å². The van der Waals surface area contributed by atoms with Crippen molar-refractivity contribution in [2.75, 3.05) is 31.2 Å². The smallest absolute Gasteiger partial charge is 0.257 e. The number of ether oxygens (including phenoxy) is 2. The lowest BCUT2D eigenvalue weighted by molar-refractivity contribution is -0.132. The maximum atomic E-state index is 13.4. The minimum atomic E-state index is -0.760. The van der Waals surface area contributed by atoms with Gasteiger partial charge in [0.25, 0.3) is 5.91 Å². The Morgan fingerprint density at radius 3 is 2.71 bits per heavy atom. The van der Waals surface area contributed by atoms with Crippen LogP contribution in [0.5, 0.6) is 11.5 Å². The lowest BCUT2D eigenvalue weighted by Crippen LogP contribution is -2.62. The van der Waals surface area contributed by atoms with E-state index in [2.05, 4.69) is 0 Å². The highest BCUT2D eigenvalue weighted by molar-refractivity contribution is 6.10. The molecule has 2 aromatic carbocycles. The summed E-state index contributed by atoms with van der Waals surface area (Å²) in [5.74, 6) is 1.20. The van der Waals surface area contributed by atoms with Gasteiger partial charge in [0, 0.05) is 38.0 Å². The summed E-state index contributed by atoms with van der Waals surface area (Å²) in [4.78, 5) is 44.6. The van der Waals surface area contributed by atoms with Crippen LogP contribution in [-0.2, 0) is 16.1 Å². The van der Waals surface area contributed by atoms with Gasteiger partial charge in [0.15, 0.2) is 11.5 Å². The van der Waals surface area contributed by atoms with Crippen molar-refractivity contribution in [3.05, 3.63) is 53.6 Å². The number of hydrogen-bond acceptors (Lipinski definition) is 5. The summed E-state index contributed by atoms with van der Waals surface area (Å²) in [6.45, 7) is 6.03. The van der Waals surface area contributed by atoms with Crippen LogP contribution in [0.25, 0.3) is 0 Å². The number of rotatable bonds is 6. The van der Waals surface area contributed by atoms with Crippen molar-refractivity contribution in [3.8, 4) is 11.5 Å². The third-order valence-electron chi connectivity index (χ3n) is 7.04. The van der Waals surface area contributed by atoms with Crippen LogP contribution in [0.3, 0.4) is 0 Å². The Labute approximate surface area is 199 Å². The molecule has 3 aliphatic heterocycles. The number of fused-ring (bicyclic) bond motifs is 4. The second kappa shape index (κ2) is 8.66. The molecule has 34 heavy (non-hydrogen) atoms. The van der Waals surface area contributed by atoms with E-state index >= 15 is 0 Å². The molecule has 2 aromatic rings. The van der Waals surface area contributed by atoms with Gasteiger partial charge in [0.05, 0.1) is 11.3 Å². The van der Waals surface area contributed by atoms with Crippen LogP contribution in [0.2, 0.25) is 0 Å². The van der Waals surface area contributed by atoms with E-state index < -0.39 is 5.66 Å². The van der Waals surface area contributed by atoms with Crippen LogP contribution in [0.4, 0.5) is 5.69 Å². The molecule has 1 atom stereocenters. The standard InChI is InChI=1S/C26H29N3O5/c1-3-27(17-18-7-6-10-21-24(18)34-16-15-33-21)22(30)12-14-28-25(32)19-8-4-5-9-20(19)29-23(31)11-13-26(28,29)2/h4-10H,3,11-17H2,1-2H3. The van der Waals surface area contributed by atoms with E-state index in [0.717, 1.165) is 5.56 Å². The molecule has 3 amide bonds. The number of carbonyl (C=O) groups excluding carboxylic acids is 3. The zero-order valence-electron chi connectivity index (χ0n) is 19.6. The molecule has 0 radical (unpaired) electrons. The van der Waals surface area contributed by atoms with Crippen molar-refractivity contribution < 1.29 is 23.9 Å². The zero-order chi connectivity index (χ0) is 23.9. The predicted molar refractivity (Wildman–Crippen MR) is 126 cm³/mol. The van der Waals surface area contributed by atoms with E-state index in [1.54, 1.807) is 26.8 Å². The van der Waals surface area contributed by atoms with E-state index in [1.165, 1.54) is 0 Å². The molecule has 0 bridgehead atoms. The molecule has 3 heterocycles. The first-order chi connectivity index (χ1) is 16.4. The number of amides is 3. The van der Waals surface area contributed by atoms with Crippen LogP contribution in [0.1, 0.15) is 49.0 Å². The first-order valence-corrected chi connectivity index (χ1v) is 11.8. The van der Waals surface area contributed by atoms with Crippen LogP contribution in [0.15, 0.2) is 42.5 Å². The zero-order valence-corrected chi connectivity index (χ0v) is 19.6. The molecule has 0 aliphatic carbocycles. The quantitative estimate of drug-likeness (QED) is 0.657. The van der Waals surface area contributed by atoms with Crippen molar-refractivity contribution in [3.63, 3.8) is 0 Å². The molecular weight excluding hydrogens is 434 g/mol. The van der Waals surface area contributed by atoms with Gasteiger partial charge in [0.2, 0.25) is 11.8 Å². The maximum Gasteiger partial charge on any atom is 0.257 e. The van der Waals surface area contributed by atoms with Crippen LogP contribution < -0.4 is 14.4 Å². The summed E-state index contributed by atoms with van der Waals surface area (Å²) in [5, 5.41) is 0. The minimum absolute atomic E-state index is 0.00466. The number of anilines is 1. The fourth-order valence-electron chi connectivity index (χ4n) is 5.25. The average molecular weight is 464 g/mol. The molecule has 8 heteroatoms. The van der Waals surface area contributed by atoms with Crippen LogP contribution >= 0.6 is 0 Å². The molecule has 8 nitrogen and oxygen atoms in total. The molecule has 0 saturated carbocycles. The minimum Gasteiger partial charge on any atom is -0.486 e. The Kier molecular flexibility index (Phi) is 5.67. The van der Waals surface area contributed by atoms with E-state index in [9.17, 15) is 14.4 Å². The summed E-state index contributed by atoms with van der Waals surface area (Å²) >= 11 is 0. The number of carbonyl (C=O) groups is 3. The molecule has 0 aromatic heterocycles. The normalized spacial score (nSPS) is 20.8. The maximum absolute atomic E-state index is 13.4. The summed E-state index contributed by atoms with van der Waals surface area (Å²) < 4.78 is 11.5.